The predicted molar refractivity (Wildman–Crippen MR) is 108 cm³/mol. The van der Waals surface area contributed by atoms with E-state index in [1.54, 1.807) is 0 Å². The molecule has 0 amide bonds. The van der Waals surface area contributed by atoms with Crippen molar-refractivity contribution in [3.63, 3.8) is 0 Å². The van der Waals surface area contributed by atoms with Crippen molar-refractivity contribution in [2.75, 3.05) is 0 Å². The summed E-state index contributed by atoms with van der Waals surface area (Å²) in [4.78, 5) is 0. The van der Waals surface area contributed by atoms with Gasteiger partial charge in [-0.3, -0.25) is 0 Å². The van der Waals surface area contributed by atoms with Gasteiger partial charge in [0.2, 0.25) is 0 Å². The van der Waals surface area contributed by atoms with Gasteiger partial charge >= 0.3 is 0 Å². The van der Waals surface area contributed by atoms with Gasteiger partial charge < -0.3 is 0 Å². The van der Waals surface area contributed by atoms with E-state index in [1.165, 1.54) is 10.6 Å². The van der Waals surface area contributed by atoms with Crippen LogP contribution in [0.15, 0.2) is 48.5 Å². The summed E-state index contributed by atoms with van der Waals surface area (Å²) in [6.45, 7) is -2.31. The zero-order chi connectivity index (χ0) is 15.1. The fraction of sp³-hybridized carbons (Fsp3) is 0. The van der Waals surface area contributed by atoms with Gasteiger partial charge in [0, 0.05) is 162 Å². The van der Waals surface area contributed by atoms with E-state index in [2.05, 4.69) is 30.6 Å². The van der Waals surface area contributed by atoms with Gasteiger partial charge in [0.1, 0.15) is 13.3 Å². The van der Waals surface area contributed by atoms with Gasteiger partial charge in [-0.2, -0.15) is 0 Å². The van der Waals surface area contributed by atoms with E-state index in [9.17, 15) is 0 Å². The monoisotopic (exact) mass is 580 g/mol. The molecule has 0 saturated heterocycles. The van der Waals surface area contributed by atoms with Crippen LogP contribution in [-0.4, -0.2) is 0 Å². The number of hydrogen-bond donors (Lipinski definition) is 0. The van der Waals surface area contributed by atoms with Gasteiger partial charge in [0.05, 0.1) is 0 Å². The van der Waals surface area contributed by atoms with E-state index >= 15 is 0 Å². The Morgan fingerprint density at radius 1 is 0.542 bits per heavy atom. The van der Waals surface area contributed by atoms with Crippen LogP contribution in [0.3, 0.4) is 0 Å². The Morgan fingerprint density at radius 2 is 0.792 bits per heavy atom. The molecule has 140 valence electrons. The Kier molecular flexibility index (Phi) is 35.4. The molecule has 2 atom stereocenters. The summed E-state index contributed by atoms with van der Waals surface area (Å²) in [7, 11) is 5.33. The van der Waals surface area contributed by atoms with Crippen molar-refractivity contribution in [1.82, 2.24) is 0 Å². The summed E-state index contributed by atoms with van der Waals surface area (Å²) in [6, 6.07) is 15.6. The van der Waals surface area contributed by atoms with Crippen LogP contribution in [0.2, 0.25) is 0 Å². The van der Waals surface area contributed by atoms with Crippen molar-refractivity contribution in [3.8, 4) is 0 Å². The molecule has 0 nitrogen and oxygen atoms in total. The number of benzene rings is 2. The summed E-state index contributed by atoms with van der Waals surface area (Å²) in [6.07, 6.45) is 0. The van der Waals surface area contributed by atoms with Gasteiger partial charge in [0.25, 0.3) is 0 Å². The van der Waals surface area contributed by atoms with Crippen LogP contribution in [0.4, 0.5) is 0 Å². The van der Waals surface area contributed by atoms with Crippen molar-refractivity contribution in [2.24, 2.45) is 0 Å². The maximum atomic E-state index is 5.78. The first-order valence-electron chi connectivity index (χ1n) is 5.36. The van der Waals surface area contributed by atoms with Gasteiger partial charge in [-0.25, -0.2) is 0 Å². The van der Waals surface area contributed by atoms with E-state index in [-0.39, 0.29) is 151 Å². The average molecular weight is 582 g/mol. The maximum absolute atomic E-state index is 5.78. The van der Waals surface area contributed by atoms with Gasteiger partial charge in [0.15, 0.2) is 0 Å². The molecular weight excluding hydrogens is 570 g/mol. The van der Waals surface area contributed by atoms with Gasteiger partial charge in [-0.05, 0) is 10.6 Å². The quantitative estimate of drug-likeness (QED) is 0.428. The van der Waals surface area contributed by atoms with Crippen LogP contribution in [-0.2, 0) is 0 Å². The van der Waals surface area contributed by atoms with E-state index < -0.39 is 13.3 Å². The largest absolute Gasteiger partial charge is 0.117 e. The molecule has 0 aliphatic rings. The summed E-state index contributed by atoms with van der Waals surface area (Å²) in [5.41, 5.74) is 0. The Balaban J connectivity index is -0.000000150. The van der Waals surface area contributed by atoms with Crippen LogP contribution < -0.4 is 21.2 Å². The summed E-state index contributed by atoms with van der Waals surface area (Å²) < 4.78 is 0. The molecule has 0 spiro atoms. The Labute approximate surface area is 290 Å². The molecule has 0 saturated carbocycles. The third-order valence-corrected chi connectivity index (χ3v) is 7.50. The Morgan fingerprint density at radius 3 is 1.00 bits per heavy atom. The number of rotatable bonds is 2. The molecule has 24 heavy (non-hydrogen) atoms. The second-order valence-electron chi connectivity index (χ2n) is 3.58. The molecule has 0 heterocycles. The fourth-order valence-corrected chi connectivity index (χ4v) is 5.64. The van der Waals surface area contributed by atoms with Crippen molar-refractivity contribution < 1.29 is 151 Å². The smallest absolute Gasteiger partial charge is 0.105 e. The Hall–Kier alpha value is 6.36. The molecule has 2 aromatic rings. The van der Waals surface area contributed by atoms with Crippen molar-refractivity contribution in [1.29, 1.82) is 0 Å². The number of halogens is 4. The molecule has 0 radical (unpaired) electrons. The first kappa shape index (κ1) is 37.7. The molecule has 2 unspecified atom stereocenters. The third-order valence-electron chi connectivity index (χ3n) is 2.24. The molecule has 2 rings (SSSR count). The molecule has 0 aliphatic carbocycles. The molecule has 0 N–H and O–H groups in total. The maximum Gasteiger partial charge on any atom is 0.117 e. The molecule has 12 heteroatoms. The van der Waals surface area contributed by atoms with Crippen LogP contribution in [0.25, 0.3) is 0 Å². The van der Waals surface area contributed by atoms with E-state index in [1.807, 2.05) is 36.4 Å². The second kappa shape index (κ2) is 22.5. The minimum Gasteiger partial charge on any atom is -0.105 e. The van der Waals surface area contributed by atoms with Gasteiger partial charge in [-0.15, -0.1) is 18.5 Å². The fourth-order valence-electron chi connectivity index (χ4n) is 1.26. The first-order chi connectivity index (χ1) is 9.43. The van der Waals surface area contributed by atoms with Crippen LogP contribution in [0.5, 0.6) is 0 Å². The summed E-state index contributed by atoms with van der Waals surface area (Å²) in [5.74, 6) is 0. The van der Waals surface area contributed by atoms with Crippen LogP contribution in [0.1, 0.15) is 0 Å². The standard InChI is InChI=1S/C6H4Cl4P2.C6H8P2.4Ar/c7-11(8)5-3-1-2-4-6(5)12(9)10;7-5-3-1-2-4-6(5)8;;;;/h1-4H;1-4H,7-8H2;;;;. The van der Waals surface area contributed by atoms with Gasteiger partial charge in [-0.1, -0.05) is 93.5 Å². The summed E-state index contributed by atoms with van der Waals surface area (Å²) in [5, 5.41) is 4.20. The average Bonchev–Trinajstić information content (AvgIpc) is 2.43. The van der Waals surface area contributed by atoms with Crippen molar-refractivity contribution >= 4 is 97.9 Å². The Bertz CT molecular complexity index is 516. The van der Waals surface area contributed by atoms with Crippen molar-refractivity contribution in [2.45, 2.75) is 0 Å². The van der Waals surface area contributed by atoms with Crippen LogP contribution in [0, 0.1) is 151 Å². The zero-order valence-corrected chi connectivity index (χ0v) is 21.5. The van der Waals surface area contributed by atoms with Crippen LogP contribution >= 0.6 is 76.7 Å². The predicted octanol–water partition coefficient (Wildman–Crippen LogP) is 5.20. The first-order valence-corrected chi connectivity index (χ1v) is 12.8. The molecule has 2 aromatic carbocycles. The normalized spacial score (nSPS) is 8.67. The summed E-state index contributed by atoms with van der Waals surface area (Å²) >= 11 is 23.1. The van der Waals surface area contributed by atoms with E-state index in [4.69, 9.17) is 45.0 Å². The third kappa shape index (κ3) is 16.1. The number of hydrogen-bond acceptors (Lipinski definition) is 0. The van der Waals surface area contributed by atoms with E-state index in [0.29, 0.717) is 0 Å². The van der Waals surface area contributed by atoms with E-state index in [0.717, 1.165) is 10.6 Å². The molecule has 0 bridgehead atoms. The zero-order valence-electron chi connectivity index (χ0n) is 11.6. The second-order valence-corrected chi connectivity index (χ2v) is 11.8. The minimum atomic E-state index is -1.16. The molecule has 0 aliphatic heterocycles. The minimum absolute atomic E-state index is 0. The van der Waals surface area contributed by atoms with Crippen molar-refractivity contribution in [3.05, 3.63) is 48.5 Å². The molecule has 0 fully saturated rings. The topological polar surface area (TPSA) is 0 Å². The SMILES string of the molecule is ClP(Cl)c1ccccc1P(Cl)Cl.Pc1ccccc1P.[Ar].[Ar].[Ar].[Ar]. The molecule has 0 aromatic heterocycles. The molecular formula is C12H12Ar4Cl4P4.